The first kappa shape index (κ1) is 33.0. The van der Waals surface area contributed by atoms with Gasteiger partial charge in [0.2, 0.25) is 29.5 Å². The van der Waals surface area contributed by atoms with Crippen molar-refractivity contribution in [1.82, 2.24) is 26.6 Å². The Hall–Kier alpha value is -4.20. The number of carbonyl (C=O) groups excluding carboxylic acids is 6. The number of primary amides is 1. The Balaban J connectivity index is 2.44. The molecule has 0 unspecified atom stereocenters. The highest BCUT2D eigenvalue weighted by atomic mass is 16.5. The number of rotatable bonds is 8. The summed E-state index contributed by atoms with van der Waals surface area (Å²) in [5, 5.41) is 12.9. The second-order valence-corrected chi connectivity index (χ2v) is 9.96. The molecule has 1 aliphatic rings. The lowest BCUT2D eigenvalue weighted by Gasteiger charge is -2.26. The molecule has 0 saturated heterocycles. The third kappa shape index (κ3) is 10.7. The summed E-state index contributed by atoms with van der Waals surface area (Å²) in [6, 6.07) is 2.01. The van der Waals surface area contributed by atoms with Gasteiger partial charge in [0.25, 0.3) is 5.91 Å². The maximum absolute atomic E-state index is 13.2. The average molecular weight is 577 g/mol. The van der Waals surface area contributed by atoms with E-state index in [4.69, 9.17) is 15.2 Å². The van der Waals surface area contributed by atoms with Crippen molar-refractivity contribution in [3.05, 3.63) is 29.8 Å². The highest BCUT2D eigenvalue weighted by molar-refractivity contribution is 6.01. The van der Waals surface area contributed by atoms with Crippen molar-refractivity contribution in [1.29, 1.82) is 0 Å². The van der Waals surface area contributed by atoms with Gasteiger partial charge in [0, 0.05) is 13.2 Å². The summed E-state index contributed by atoms with van der Waals surface area (Å²) in [5.74, 6) is -4.51. The Morgan fingerprint density at radius 1 is 1.07 bits per heavy atom. The lowest BCUT2D eigenvalue weighted by molar-refractivity contribution is -0.135. The van der Waals surface area contributed by atoms with Crippen molar-refractivity contribution in [2.45, 2.75) is 64.7 Å². The lowest BCUT2D eigenvalue weighted by atomic mass is 10.0. The van der Waals surface area contributed by atoms with Crippen LogP contribution in [0, 0.1) is 5.92 Å². The molecule has 1 aromatic carbocycles. The standard InChI is InChI=1S/C27H40N6O8/c1-5-40-11-10-29-25(37)19-13-22(35)31-18(12-21(28)34)26(38)33-23(15(2)3)27(39)30-16(4)14-41-20-9-7-6-8-17(20)24(36)32-19/h6-9,15-16,18-19,23H,5,10-14H2,1-4H3,(H2,28,34)(H,29,37)(H,30,39)(H,31,35)(H,32,36)(H,33,38)/t16-,18-,19-,23+/m0/s1. The summed E-state index contributed by atoms with van der Waals surface area (Å²) < 4.78 is 11.0. The molecule has 4 atom stereocenters. The number of para-hydroxylation sites is 1. The van der Waals surface area contributed by atoms with Crippen LogP contribution in [0.25, 0.3) is 0 Å². The number of amides is 6. The van der Waals surface area contributed by atoms with Gasteiger partial charge in [0.15, 0.2) is 0 Å². The van der Waals surface area contributed by atoms with Crippen molar-refractivity contribution in [3.8, 4) is 5.75 Å². The fraction of sp³-hybridized carbons (Fsp3) is 0.556. The topological polar surface area (TPSA) is 207 Å². The molecule has 41 heavy (non-hydrogen) atoms. The minimum atomic E-state index is -1.43. The molecule has 7 N–H and O–H groups in total. The van der Waals surface area contributed by atoms with E-state index < -0.39 is 72.5 Å². The van der Waals surface area contributed by atoms with E-state index in [1.165, 1.54) is 6.07 Å². The van der Waals surface area contributed by atoms with E-state index in [-0.39, 0.29) is 37.0 Å². The summed E-state index contributed by atoms with van der Waals surface area (Å²) >= 11 is 0. The second-order valence-electron chi connectivity index (χ2n) is 9.96. The number of nitrogens with one attached hydrogen (secondary N) is 5. The molecule has 0 saturated carbocycles. The van der Waals surface area contributed by atoms with Crippen LogP contribution in [0.5, 0.6) is 5.75 Å². The van der Waals surface area contributed by atoms with Crippen molar-refractivity contribution < 1.29 is 38.2 Å². The monoisotopic (exact) mass is 576 g/mol. The van der Waals surface area contributed by atoms with E-state index in [2.05, 4.69) is 26.6 Å². The zero-order valence-corrected chi connectivity index (χ0v) is 23.8. The summed E-state index contributed by atoms with van der Waals surface area (Å²) in [4.78, 5) is 77.1. The smallest absolute Gasteiger partial charge is 0.255 e. The summed E-state index contributed by atoms with van der Waals surface area (Å²) in [7, 11) is 0. The third-order valence-electron chi connectivity index (χ3n) is 6.07. The molecule has 1 heterocycles. The molecule has 1 aliphatic heterocycles. The Morgan fingerprint density at radius 3 is 2.44 bits per heavy atom. The van der Waals surface area contributed by atoms with Crippen LogP contribution in [0.4, 0.5) is 0 Å². The highest BCUT2D eigenvalue weighted by Crippen LogP contribution is 2.19. The fourth-order valence-corrected chi connectivity index (χ4v) is 3.97. The minimum absolute atomic E-state index is 0.0134. The van der Waals surface area contributed by atoms with Crippen LogP contribution in [0.15, 0.2) is 24.3 Å². The number of ether oxygens (including phenoxy) is 2. The van der Waals surface area contributed by atoms with Crippen LogP contribution in [-0.4, -0.2) is 86.0 Å². The van der Waals surface area contributed by atoms with Crippen LogP contribution in [0.1, 0.15) is 50.9 Å². The second kappa shape index (κ2) is 16.2. The van der Waals surface area contributed by atoms with Crippen LogP contribution >= 0.6 is 0 Å². The zero-order chi connectivity index (χ0) is 30.5. The third-order valence-corrected chi connectivity index (χ3v) is 6.07. The molecule has 0 fully saturated rings. The SMILES string of the molecule is CCOCCNC(=O)[C@@H]1CC(=O)N[C@@H](CC(N)=O)C(=O)N[C@H](C(C)C)C(=O)N[C@@H](C)COc2ccccc2C(=O)N1. The van der Waals surface area contributed by atoms with Crippen molar-refractivity contribution >= 4 is 35.4 Å². The molecule has 0 aliphatic carbocycles. The van der Waals surface area contributed by atoms with Gasteiger partial charge in [-0.25, -0.2) is 0 Å². The molecular formula is C27H40N6O8. The number of benzene rings is 1. The van der Waals surface area contributed by atoms with Crippen LogP contribution in [0.2, 0.25) is 0 Å². The average Bonchev–Trinajstić information content (AvgIpc) is 2.91. The molecule has 0 bridgehead atoms. The Labute approximate surface area is 238 Å². The number of carbonyl (C=O) groups is 6. The van der Waals surface area contributed by atoms with E-state index in [0.717, 1.165) is 0 Å². The van der Waals surface area contributed by atoms with Crippen molar-refractivity contribution in [2.75, 3.05) is 26.4 Å². The first-order valence-corrected chi connectivity index (χ1v) is 13.5. The highest BCUT2D eigenvalue weighted by Gasteiger charge is 2.32. The first-order valence-electron chi connectivity index (χ1n) is 13.5. The number of nitrogens with two attached hydrogens (primary N) is 1. The summed E-state index contributed by atoms with van der Waals surface area (Å²) in [6.07, 6.45) is -1.12. The van der Waals surface area contributed by atoms with Gasteiger partial charge in [-0.2, -0.15) is 0 Å². The van der Waals surface area contributed by atoms with Crippen molar-refractivity contribution in [2.24, 2.45) is 11.7 Å². The van der Waals surface area contributed by atoms with Gasteiger partial charge < -0.3 is 41.8 Å². The van der Waals surface area contributed by atoms with E-state index in [0.29, 0.717) is 6.61 Å². The Kier molecular flexibility index (Phi) is 13.0. The molecule has 6 amide bonds. The van der Waals surface area contributed by atoms with E-state index >= 15 is 0 Å². The Bertz CT molecular complexity index is 1110. The molecule has 2 rings (SSSR count). The predicted molar refractivity (Wildman–Crippen MR) is 147 cm³/mol. The molecular weight excluding hydrogens is 536 g/mol. The van der Waals surface area contributed by atoms with Gasteiger partial charge in [-0.05, 0) is 31.9 Å². The van der Waals surface area contributed by atoms with Crippen LogP contribution in [0.3, 0.4) is 0 Å². The van der Waals surface area contributed by atoms with E-state index in [1.807, 2.05) is 0 Å². The maximum atomic E-state index is 13.2. The normalized spacial score (nSPS) is 22.7. The van der Waals surface area contributed by atoms with Crippen molar-refractivity contribution in [3.63, 3.8) is 0 Å². The van der Waals surface area contributed by atoms with Gasteiger partial charge in [-0.3, -0.25) is 28.8 Å². The quantitative estimate of drug-likeness (QED) is 0.205. The number of hydrogen-bond donors (Lipinski definition) is 6. The maximum Gasteiger partial charge on any atom is 0.255 e. The molecule has 14 nitrogen and oxygen atoms in total. The van der Waals surface area contributed by atoms with Gasteiger partial charge in [-0.1, -0.05) is 26.0 Å². The number of hydrogen-bond acceptors (Lipinski definition) is 8. The van der Waals surface area contributed by atoms with Crippen LogP contribution < -0.4 is 37.1 Å². The van der Waals surface area contributed by atoms with Gasteiger partial charge in [0.05, 0.1) is 31.1 Å². The van der Waals surface area contributed by atoms with Gasteiger partial charge in [-0.15, -0.1) is 0 Å². The van der Waals surface area contributed by atoms with E-state index in [9.17, 15) is 28.8 Å². The molecule has 0 spiro atoms. The summed E-state index contributed by atoms with van der Waals surface area (Å²) in [5.41, 5.74) is 5.41. The lowest BCUT2D eigenvalue weighted by Crippen LogP contribution is -2.58. The molecule has 14 heteroatoms. The minimum Gasteiger partial charge on any atom is -0.491 e. The molecule has 0 radical (unpaired) electrons. The Morgan fingerprint density at radius 2 is 1.78 bits per heavy atom. The number of fused-ring (bicyclic) bond motifs is 1. The van der Waals surface area contributed by atoms with Gasteiger partial charge in [0.1, 0.15) is 30.5 Å². The molecule has 0 aromatic heterocycles. The summed E-state index contributed by atoms with van der Waals surface area (Å²) in [6.45, 7) is 7.70. The zero-order valence-electron chi connectivity index (χ0n) is 23.8. The molecule has 1 aromatic rings. The van der Waals surface area contributed by atoms with E-state index in [1.54, 1.807) is 45.9 Å². The van der Waals surface area contributed by atoms with Crippen LogP contribution in [-0.2, 0) is 28.7 Å². The largest absolute Gasteiger partial charge is 0.491 e. The fourth-order valence-electron chi connectivity index (χ4n) is 3.97. The molecule has 226 valence electrons. The van der Waals surface area contributed by atoms with Gasteiger partial charge >= 0.3 is 0 Å². The predicted octanol–water partition coefficient (Wildman–Crippen LogP) is -1.27. The first-order chi connectivity index (χ1) is 19.4.